The van der Waals surface area contributed by atoms with Gasteiger partial charge in [-0.05, 0) is 30.2 Å². The second-order valence-electron chi connectivity index (χ2n) is 6.13. The molecule has 0 unspecified atom stereocenters. The maximum Gasteiger partial charge on any atom is 0.534 e. The van der Waals surface area contributed by atoms with Crippen molar-refractivity contribution < 1.29 is 38.6 Å². The number of hydrogen-bond donors (Lipinski definition) is 1. The molecule has 8 nitrogen and oxygen atoms in total. The smallest absolute Gasteiger partial charge is 0.372 e. The molecule has 0 bridgehead atoms. The number of sulfonamides is 1. The molecule has 0 spiro atoms. The second kappa shape index (κ2) is 7.74. The molecule has 1 heterocycles. The first kappa shape index (κ1) is 22.8. The van der Waals surface area contributed by atoms with Crippen LogP contribution in [-0.2, 0) is 20.1 Å². The summed E-state index contributed by atoms with van der Waals surface area (Å²) in [5.74, 6) is -2.74. The summed E-state index contributed by atoms with van der Waals surface area (Å²) in [4.78, 5) is 7.58. The first-order valence-corrected chi connectivity index (χ1v) is 11.1. The molecule has 2 rings (SSSR count). The van der Waals surface area contributed by atoms with Gasteiger partial charge in [0.2, 0.25) is 16.0 Å². The van der Waals surface area contributed by atoms with E-state index in [0.29, 0.717) is 0 Å². The largest absolute Gasteiger partial charge is 0.534 e. The molecule has 0 amide bonds. The SMILES string of the molecule is CC(C)c1nc(NS(C)(=O)=O)nc(-c2ccc(F)cc2)c1OS(=O)(=O)C(F)(F)F. The van der Waals surface area contributed by atoms with Gasteiger partial charge in [-0.1, -0.05) is 13.8 Å². The van der Waals surface area contributed by atoms with Crippen molar-refractivity contribution in [2.24, 2.45) is 0 Å². The molecule has 0 saturated heterocycles. The van der Waals surface area contributed by atoms with Crippen LogP contribution in [0.25, 0.3) is 11.3 Å². The van der Waals surface area contributed by atoms with Crippen molar-refractivity contribution in [3.05, 3.63) is 35.8 Å². The van der Waals surface area contributed by atoms with Crippen LogP contribution in [0, 0.1) is 5.82 Å². The Morgan fingerprint density at radius 3 is 2.03 bits per heavy atom. The first-order valence-electron chi connectivity index (χ1n) is 7.77. The van der Waals surface area contributed by atoms with E-state index in [-0.39, 0.29) is 11.3 Å². The summed E-state index contributed by atoms with van der Waals surface area (Å²) in [5, 5.41) is 0. The molecule has 0 fully saturated rings. The van der Waals surface area contributed by atoms with Gasteiger partial charge in [-0.3, -0.25) is 4.72 Å². The van der Waals surface area contributed by atoms with Crippen LogP contribution in [0.3, 0.4) is 0 Å². The van der Waals surface area contributed by atoms with Gasteiger partial charge < -0.3 is 4.18 Å². The Morgan fingerprint density at radius 1 is 1.03 bits per heavy atom. The molecule has 2 aromatic rings. The average molecular weight is 457 g/mol. The molecule has 0 atom stereocenters. The van der Waals surface area contributed by atoms with E-state index in [4.69, 9.17) is 0 Å². The van der Waals surface area contributed by atoms with Crippen LogP contribution in [0.5, 0.6) is 5.75 Å². The predicted octanol–water partition coefficient (Wildman–Crippen LogP) is 3.01. The number of hydrogen-bond acceptors (Lipinski definition) is 7. The van der Waals surface area contributed by atoms with Crippen molar-refractivity contribution in [2.45, 2.75) is 25.3 Å². The molecular weight excluding hydrogens is 442 g/mol. The fraction of sp³-hybridized carbons (Fsp3) is 0.333. The molecule has 1 N–H and O–H groups in total. The zero-order valence-corrected chi connectivity index (χ0v) is 16.8. The molecule has 29 heavy (non-hydrogen) atoms. The van der Waals surface area contributed by atoms with Crippen molar-refractivity contribution in [1.29, 1.82) is 0 Å². The van der Waals surface area contributed by atoms with Crippen molar-refractivity contribution in [3.63, 3.8) is 0 Å². The zero-order valence-electron chi connectivity index (χ0n) is 15.2. The van der Waals surface area contributed by atoms with E-state index in [0.717, 1.165) is 30.5 Å². The fourth-order valence-corrected chi connectivity index (χ4v) is 3.01. The molecular formula is C15H15F4N3O5S2. The second-order valence-corrected chi connectivity index (χ2v) is 9.42. The summed E-state index contributed by atoms with van der Waals surface area (Å²) >= 11 is 0. The van der Waals surface area contributed by atoms with Crippen LogP contribution >= 0.6 is 0 Å². The fourth-order valence-electron chi connectivity index (χ4n) is 2.11. The summed E-state index contributed by atoms with van der Waals surface area (Å²) in [6, 6.07) is 4.13. The number of aromatic nitrogens is 2. The van der Waals surface area contributed by atoms with Crippen molar-refractivity contribution in [1.82, 2.24) is 9.97 Å². The van der Waals surface area contributed by atoms with Gasteiger partial charge in [0, 0.05) is 5.56 Å². The Morgan fingerprint density at radius 2 is 1.59 bits per heavy atom. The molecule has 160 valence electrons. The Kier molecular flexibility index (Phi) is 6.09. The standard InChI is InChI=1S/C15H15F4N3O5S2/c1-8(2)11-13(27-29(25,26)15(17,18)19)12(9-4-6-10(16)7-5-9)21-14(20-11)22-28(3,23)24/h4-8H,1-3H3,(H,20,21,22). The molecule has 14 heteroatoms. The van der Waals surface area contributed by atoms with Gasteiger partial charge in [-0.25, -0.2) is 22.8 Å². The lowest BCUT2D eigenvalue weighted by molar-refractivity contribution is -0.0500. The molecule has 0 aliphatic heterocycles. The van der Waals surface area contributed by atoms with E-state index < -0.39 is 54.8 Å². The Bertz CT molecular complexity index is 1120. The third kappa shape index (κ3) is 5.53. The van der Waals surface area contributed by atoms with Crippen LogP contribution in [0.4, 0.5) is 23.5 Å². The summed E-state index contributed by atoms with van der Waals surface area (Å²) < 4.78 is 104. The lowest BCUT2D eigenvalue weighted by Crippen LogP contribution is -2.29. The van der Waals surface area contributed by atoms with Gasteiger partial charge >= 0.3 is 15.6 Å². The van der Waals surface area contributed by atoms with E-state index in [1.807, 2.05) is 4.72 Å². The predicted molar refractivity (Wildman–Crippen MR) is 95.6 cm³/mol. The monoisotopic (exact) mass is 457 g/mol. The van der Waals surface area contributed by atoms with Gasteiger partial charge in [0.25, 0.3) is 0 Å². The minimum absolute atomic E-state index is 0.0281. The van der Waals surface area contributed by atoms with E-state index in [1.54, 1.807) is 0 Å². The molecule has 0 aliphatic rings. The normalized spacial score (nSPS) is 12.8. The van der Waals surface area contributed by atoms with Gasteiger partial charge in [0.15, 0.2) is 5.75 Å². The third-order valence-corrected chi connectivity index (χ3v) is 4.82. The lowest BCUT2D eigenvalue weighted by Gasteiger charge is -2.18. The van der Waals surface area contributed by atoms with Gasteiger partial charge in [0.1, 0.15) is 11.5 Å². The number of halogens is 4. The van der Waals surface area contributed by atoms with E-state index in [2.05, 4.69) is 14.2 Å². The van der Waals surface area contributed by atoms with E-state index in [1.165, 1.54) is 13.8 Å². The topological polar surface area (TPSA) is 115 Å². The summed E-state index contributed by atoms with van der Waals surface area (Å²) in [6.07, 6.45) is 0.793. The minimum Gasteiger partial charge on any atom is -0.372 e. The van der Waals surface area contributed by atoms with E-state index >= 15 is 0 Å². The van der Waals surface area contributed by atoms with Crippen LogP contribution in [-0.4, -0.2) is 38.6 Å². The Labute approximate surface area is 164 Å². The highest BCUT2D eigenvalue weighted by Gasteiger charge is 2.49. The van der Waals surface area contributed by atoms with Gasteiger partial charge in [-0.15, -0.1) is 0 Å². The molecule has 0 radical (unpaired) electrons. The number of nitrogens with one attached hydrogen (secondary N) is 1. The third-order valence-electron chi connectivity index (χ3n) is 3.31. The van der Waals surface area contributed by atoms with E-state index in [9.17, 15) is 34.4 Å². The van der Waals surface area contributed by atoms with Crippen LogP contribution in [0.15, 0.2) is 24.3 Å². The number of alkyl halides is 3. The molecule has 1 aromatic heterocycles. The first-order chi connectivity index (χ1) is 13.1. The average Bonchev–Trinajstić information content (AvgIpc) is 2.53. The Balaban J connectivity index is 2.82. The van der Waals surface area contributed by atoms with Crippen LogP contribution < -0.4 is 8.91 Å². The number of rotatable bonds is 6. The van der Waals surface area contributed by atoms with Crippen molar-refractivity contribution >= 4 is 26.1 Å². The highest BCUT2D eigenvalue weighted by atomic mass is 32.2. The van der Waals surface area contributed by atoms with Crippen LogP contribution in [0.2, 0.25) is 0 Å². The number of benzene rings is 1. The van der Waals surface area contributed by atoms with Gasteiger partial charge in [0.05, 0.1) is 11.9 Å². The molecule has 0 aliphatic carbocycles. The number of nitrogens with zero attached hydrogens (tertiary/aromatic N) is 2. The summed E-state index contributed by atoms with van der Waals surface area (Å²) in [6.45, 7) is 2.93. The highest BCUT2D eigenvalue weighted by molar-refractivity contribution is 7.92. The van der Waals surface area contributed by atoms with Gasteiger partial charge in [-0.2, -0.15) is 21.6 Å². The molecule has 1 aromatic carbocycles. The number of anilines is 1. The highest BCUT2D eigenvalue weighted by Crippen LogP contribution is 2.38. The minimum atomic E-state index is -6.09. The van der Waals surface area contributed by atoms with Crippen molar-refractivity contribution in [2.75, 3.05) is 11.0 Å². The maximum absolute atomic E-state index is 13.2. The summed E-state index contributed by atoms with van der Waals surface area (Å²) in [5.41, 5.74) is -6.54. The van der Waals surface area contributed by atoms with Crippen molar-refractivity contribution in [3.8, 4) is 17.0 Å². The summed E-state index contributed by atoms with van der Waals surface area (Å²) in [7, 11) is -9.96. The zero-order chi connectivity index (χ0) is 22.2. The quantitative estimate of drug-likeness (QED) is 0.403. The van der Waals surface area contributed by atoms with Crippen LogP contribution in [0.1, 0.15) is 25.5 Å². The Hall–Kier alpha value is -2.48. The lowest BCUT2D eigenvalue weighted by atomic mass is 10.0. The maximum atomic E-state index is 13.2. The molecule has 0 saturated carbocycles.